The first-order valence-corrected chi connectivity index (χ1v) is 7.45. The van der Waals surface area contributed by atoms with E-state index in [4.69, 9.17) is 0 Å². The Labute approximate surface area is 124 Å². The summed E-state index contributed by atoms with van der Waals surface area (Å²) in [6.07, 6.45) is 0. The van der Waals surface area contributed by atoms with E-state index in [0.29, 0.717) is 18.8 Å². The van der Waals surface area contributed by atoms with Crippen molar-refractivity contribution in [2.75, 3.05) is 13.1 Å². The molecule has 0 aliphatic carbocycles. The monoisotopic (exact) mass is 293 g/mol. The van der Waals surface area contributed by atoms with Gasteiger partial charge in [-0.2, -0.15) is 5.10 Å². The molecule has 0 radical (unpaired) electrons. The Morgan fingerprint density at radius 3 is 2.57 bits per heavy atom. The van der Waals surface area contributed by atoms with Gasteiger partial charge in [0.05, 0.1) is 11.6 Å². The Morgan fingerprint density at radius 2 is 2.10 bits per heavy atom. The van der Waals surface area contributed by atoms with E-state index in [1.165, 1.54) is 0 Å². The van der Waals surface area contributed by atoms with Gasteiger partial charge in [-0.1, -0.05) is 20.8 Å². The number of hydrogen-bond donors (Lipinski definition) is 1. The molecule has 2 rings (SSSR count). The molecule has 0 spiro atoms. The highest BCUT2D eigenvalue weighted by Crippen LogP contribution is 2.25. The topological polar surface area (TPSA) is 75.4 Å². The van der Waals surface area contributed by atoms with Gasteiger partial charge in [-0.05, 0) is 24.8 Å². The second-order valence-corrected chi connectivity index (χ2v) is 6.06. The average molecular weight is 293 g/mol. The molecule has 1 aliphatic heterocycles. The third-order valence-corrected chi connectivity index (χ3v) is 4.13. The van der Waals surface area contributed by atoms with Crippen molar-refractivity contribution >= 4 is 11.9 Å². The highest BCUT2D eigenvalue weighted by Gasteiger charge is 2.38. The van der Waals surface area contributed by atoms with Gasteiger partial charge in [0, 0.05) is 19.6 Å². The van der Waals surface area contributed by atoms with Gasteiger partial charge in [0.2, 0.25) is 0 Å². The molecular weight excluding hydrogens is 270 g/mol. The summed E-state index contributed by atoms with van der Waals surface area (Å²) >= 11 is 0. The number of amides is 1. The van der Waals surface area contributed by atoms with E-state index < -0.39 is 11.9 Å². The maximum Gasteiger partial charge on any atom is 0.308 e. The summed E-state index contributed by atoms with van der Waals surface area (Å²) in [7, 11) is 0. The number of likely N-dealkylation sites (tertiary alicyclic amines) is 1. The highest BCUT2D eigenvalue weighted by molar-refractivity contribution is 5.93. The van der Waals surface area contributed by atoms with Gasteiger partial charge >= 0.3 is 5.97 Å². The number of aryl methyl sites for hydroxylation is 1. The number of carbonyl (C=O) groups excluding carboxylic acids is 1. The number of carboxylic acids is 1. The van der Waals surface area contributed by atoms with Crippen molar-refractivity contribution in [2.45, 2.75) is 40.2 Å². The van der Waals surface area contributed by atoms with E-state index in [1.807, 2.05) is 33.8 Å². The Bertz CT molecular complexity index is 550. The molecule has 0 aromatic carbocycles. The minimum absolute atomic E-state index is 0.0194. The first-order valence-electron chi connectivity index (χ1n) is 7.45. The van der Waals surface area contributed by atoms with Gasteiger partial charge in [-0.15, -0.1) is 0 Å². The van der Waals surface area contributed by atoms with Crippen LogP contribution in [0.3, 0.4) is 0 Å². The zero-order chi connectivity index (χ0) is 15.7. The normalized spacial score (nSPS) is 22.0. The molecule has 0 unspecified atom stereocenters. The SMILES string of the molecule is CCn1nc(C(C)C)cc1C(=O)N1C[C@@H](C)[C@H](C(=O)O)C1. The molecule has 6 nitrogen and oxygen atoms in total. The summed E-state index contributed by atoms with van der Waals surface area (Å²) in [5.41, 5.74) is 1.45. The molecule has 2 atom stereocenters. The van der Waals surface area contributed by atoms with Crippen molar-refractivity contribution in [1.29, 1.82) is 0 Å². The molecule has 2 heterocycles. The Kier molecular flexibility index (Phi) is 4.34. The van der Waals surface area contributed by atoms with E-state index in [1.54, 1.807) is 9.58 Å². The minimum Gasteiger partial charge on any atom is -0.481 e. The molecular formula is C15H23N3O3. The fourth-order valence-corrected chi connectivity index (χ4v) is 2.75. The molecule has 1 saturated heterocycles. The maximum absolute atomic E-state index is 12.6. The van der Waals surface area contributed by atoms with Crippen LogP contribution >= 0.6 is 0 Å². The number of carboxylic acid groups (broad SMARTS) is 1. The lowest BCUT2D eigenvalue weighted by molar-refractivity contribution is -0.142. The van der Waals surface area contributed by atoms with E-state index in [-0.39, 0.29) is 24.3 Å². The highest BCUT2D eigenvalue weighted by atomic mass is 16.4. The van der Waals surface area contributed by atoms with Crippen LogP contribution in [-0.2, 0) is 11.3 Å². The largest absolute Gasteiger partial charge is 0.481 e. The van der Waals surface area contributed by atoms with Crippen LogP contribution < -0.4 is 0 Å². The van der Waals surface area contributed by atoms with E-state index in [0.717, 1.165) is 5.69 Å². The molecule has 1 aromatic rings. The van der Waals surface area contributed by atoms with Gasteiger partial charge in [0.25, 0.3) is 5.91 Å². The summed E-state index contributed by atoms with van der Waals surface area (Å²) in [6.45, 7) is 9.29. The quantitative estimate of drug-likeness (QED) is 0.918. The smallest absolute Gasteiger partial charge is 0.308 e. The molecule has 1 aromatic heterocycles. The predicted molar refractivity (Wildman–Crippen MR) is 78.2 cm³/mol. The molecule has 1 amide bonds. The lowest BCUT2D eigenvalue weighted by Crippen LogP contribution is -2.31. The number of rotatable bonds is 4. The fraction of sp³-hybridized carbons (Fsp3) is 0.667. The van der Waals surface area contributed by atoms with Crippen LogP contribution in [0.4, 0.5) is 0 Å². The van der Waals surface area contributed by atoms with Crippen LogP contribution in [0.5, 0.6) is 0 Å². The summed E-state index contributed by atoms with van der Waals surface area (Å²) < 4.78 is 1.70. The van der Waals surface area contributed by atoms with Crippen molar-refractivity contribution < 1.29 is 14.7 Å². The Balaban J connectivity index is 2.23. The molecule has 1 aliphatic rings. The first-order chi connectivity index (χ1) is 9.85. The average Bonchev–Trinajstić information content (AvgIpc) is 3.01. The van der Waals surface area contributed by atoms with Crippen molar-refractivity contribution in [1.82, 2.24) is 14.7 Å². The van der Waals surface area contributed by atoms with Crippen molar-refractivity contribution in [3.63, 3.8) is 0 Å². The molecule has 6 heteroatoms. The zero-order valence-electron chi connectivity index (χ0n) is 13.0. The summed E-state index contributed by atoms with van der Waals surface area (Å²) in [6, 6.07) is 1.83. The molecule has 0 bridgehead atoms. The third kappa shape index (κ3) is 2.94. The minimum atomic E-state index is -0.829. The summed E-state index contributed by atoms with van der Waals surface area (Å²) in [4.78, 5) is 25.5. The molecule has 21 heavy (non-hydrogen) atoms. The van der Waals surface area contributed by atoms with Gasteiger partial charge in [0.1, 0.15) is 5.69 Å². The number of aliphatic carboxylic acids is 1. The second kappa shape index (κ2) is 5.87. The number of nitrogens with zero attached hydrogens (tertiary/aromatic N) is 3. The van der Waals surface area contributed by atoms with Crippen LogP contribution in [0.15, 0.2) is 6.07 Å². The van der Waals surface area contributed by atoms with Crippen LogP contribution in [-0.4, -0.2) is 44.8 Å². The van der Waals surface area contributed by atoms with Crippen LogP contribution in [0.25, 0.3) is 0 Å². The van der Waals surface area contributed by atoms with Gasteiger partial charge in [-0.3, -0.25) is 14.3 Å². The van der Waals surface area contributed by atoms with Crippen molar-refractivity contribution in [3.8, 4) is 0 Å². The van der Waals surface area contributed by atoms with Gasteiger partial charge in [-0.25, -0.2) is 0 Å². The summed E-state index contributed by atoms with van der Waals surface area (Å²) in [5, 5.41) is 13.6. The lowest BCUT2D eigenvalue weighted by atomic mass is 9.99. The van der Waals surface area contributed by atoms with Crippen LogP contribution in [0, 0.1) is 11.8 Å². The molecule has 0 saturated carbocycles. The number of carbonyl (C=O) groups is 2. The van der Waals surface area contributed by atoms with Crippen LogP contribution in [0.1, 0.15) is 49.8 Å². The van der Waals surface area contributed by atoms with Gasteiger partial charge < -0.3 is 10.0 Å². The van der Waals surface area contributed by atoms with Gasteiger partial charge in [0.15, 0.2) is 0 Å². The van der Waals surface area contributed by atoms with Crippen molar-refractivity contribution in [2.24, 2.45) is 11.8 Å². The Morgan fingerprint density at radius 1 is 1.43 bits per heavy atom. The third-order valence-electron chi connectivity index (χ3n) is 4.13. The lowest BCUT2D eigenvalue weighted by Gasteiger charge is -2.16. The molecule has 1 fully saturated rings. The van der Waals surface area contributed by atoms with E-state index >= 15 is 0 Å². The molecule has 116 valence electrons. The van der Waals surface area contributed by atoms with E-state index in [2.05, 4.69) is 5.10 Å². The summed E-state index contributed by atoms with van der Waals surface area (Å²) in [5.74, 6) is -1.18. The number of aromatic nitrogens is 2. The predicted octanol–water partition coefficient (Wildman–Crippen LogP) is 1.82. The standard InChI is InChI=1S/C15H23N3O3/c1-5-18-13(6-12(16-18)9(2)3)14(19)17-7-10(4)11(8-17)15(20)21/h6,9-11H,5,7-8H2,1-4H3,(H,20,21)/t10-,11-/m1/s1. The fourth-order valence-electron chi connectivity index (χ4n) is 2.75. The second-order valence-electron chi connectivity index (χ2n) is 6.06. The maximum atomic E-state index is 12.6. The van der Waals surface area contributed by atoms with E-state index in [9.17, 15) is 14.7 Å². The molecule has 1 N–H and O–H groups in total. The Hall–Kier alpha value is -1.85. The van der Waals surface area contributed by atoms with Crippen LogP contribution in [0.2, 0.25) is 0 Å². The first kappa shape index (κ1) is 15.5. The van der Waals surface area contributed by atoms with Crippen molar-refractivity contribution in [3.05, 3.63) is 17.5 Å². The number of hydrogen-bond acceptors (Lipinski definition) is 3. The zero-order valence-corrected chi connectivity index (χ0v) is 13.0.